The highest BCUT2D eigenvalue weighted by Gasteiger charge is 2.28. The topological polar surface area (TPSA) is 80.5 Å². The molecule has 1 aliphatic heterocycles. The van der Waals surface area contributed by atoms with E-state index in [-0.39, 0.29) is 10.8 Å². The third kappa shape index (κ3) is 5.54. The van der Waals surface area contributed by atoms with Crippen LogP contribution in [0.2, 0.25) is 10.0 Å². The van der Waals surface area contributed by atoms with E-state index in [1.807, 2.05) is 36.4 Å². The lowest BCUT2D eigenvalue weighted by atomic mass is 10.1. The first-order valence-electron chi connectivity index (χ1n) is 10.1. The quantitative estimate of drug-likeness (QED) is 0.477. The van der Waals surface area contributed by atoms with Crippen molar-refractivity contribution in [2.24, 2.45) is 5.14 Å². The number of rotatable bonds is 6. The van der Waals surface area contributed by atoms with Crippen molar-refractivity contribution in [1.82, 2.24) is 4.90 Å². The lowest BCUT2D eigenvalue weighted by molar-refractivity contribution is -0.122. The van der Waals surface area contributed by atoms with E-state index in [0.717, 1.165) is 22.4 Å². The van der Waals surface area contributed by atoms with Gasteiger partial charge in [-0.05, 0) is 71.7 Å². The number of sulfonamides is 1. The van der Waals surface area contributed by atoms with E-state index in [4.69, 9.17) is 28.3 Å². The molecule has 33 heavy (non-hydrogen) atoms. The molecule has 0 aromatic heterocycles. The Morgan fingerprint density at radius 3 is 2.00 bits per heavy atom. The van der Waals surface area contributed by atoms with Crippen molar-refractivity contribution < 1.29 is 13.2 Å². The lowest BCUT2D eigenvalue weighted by Gasteiger charge is -2.21. The molecule has 0 radical (unpaired) electrons. The van der Waals surface area contributed by atoms with E-state index < -0.39 is 10.0 Å². The molecule has 3 aromatic carbocycles. The summed E-state index contributed by atoms with van der Waals surface area (Å²) in [6, 6.07) is 20.9. The van der Waals surface area contributed by atoms with Crippen LogP contribution in [0.1, 0.15) is 16.7 Å². The molecule has 0 atom stereocenters. The van der Waals surface area contributed by atoms with Gasteiger partial charge in [-0.25, -0.2) is 13.6 Å². The second kappa shape index (κ2) is 9.53. The Morgan fingerprint density at radius 2 is 1.42 bits per heavy atom. The Labute approximate surface area is 202 Å². The van der Waals surface area contributed by atoms with Crippen molar-refractivity contribution in [3.05, 3.63) is 111 Å². The number of nitrogens with two attached hydrogens (primary N) is 1. The van der Waals surface area contributed by atoms with Gasteiger partial charge in [-0.1, -0.05) is 59.6 Å². The summed E-state index contributed by atoms with van der Waals surface area (Å²) in [7, 11) is -3.75. The predicted octanol–water partition coefficient (Wildman–Crippen LogP) is 5.15. The average molecular weight is 499 g/mol. The van der Waals surface area contributed by atoms with Gasteiger partial charge in [0.05, 0.1) is 10.6 Å². The highest BCUT2D eigenvalue weighted by molar-refractivity contribution is 7.89. The van der Waals surface area contributed by atoms with Crippen LogP contribution in [0.15, 0.2) is 89.3 Å². The van der Waals surface area contributed by atoms with E-state index in [9.17, 15) is 13.2 Å². The number of halogens is 2. The molecule has 1 aliphatic rings. The maximum absolute atomic E-state index is 13.3. The second-order valence-corrected chi connectivity index (χ2v) is 10.0. The molecule has 0 aliphatic carbocycles. The minimum atomic E-state index is -3.75. The highest BCUT2D eigenvalue weighted by atomic mass is 35.5. The van der Waals surface area contributed by atoms with Gasteiger partial charge in [0.15, 0.2) is 0 Å². The van der Waals surface area contributed by atoms with Gasteiger partial charge in [-0.2, -0.15) is 0 Å². The van der Waals surface area contributed by atoms with Gasteiger partial charge < -0.3 is 4.90 Å². The number of amides is 1. The zero-order valence-corrected chi connectivity index (χ0v) is 19.7. The van der Waals surface area contributed by atoms with Gasteiger partial charge in [0.2, 0.25) is 10.0 Å². The molecule has 1 amide bonds. The minimum absolute atomic E-state index is 0.0541. The van der Waals surface area contributed by atoms with Crippen LogP contribution >= 0.6 is 23.2 Å². The maximum atomic E-state index is 13.3. The van der Waals surface area contributed by atoms with E-state index in [1.54, 1.807) is 41.3 Å². The molecule has 0 unspecified atom stereocenters. The fourth-order valence-electron chi connectivity index (χ4n) is 3.56. The Balaban J connectivity index is 1.62. The SMILES string of the molecule is NS(=O)(=O)c1ccc(CCN2C(=O)/C(=C\c3ccc(Cl)cc3)C=C2c2ccc(Cl)cc2)cc1. The standard InChI is InChI=1S/C25H20Cl2N2O3S/c26-21-7-1-18(2-8-21)15-20-16-24(19-5-9-22(27)10-6-19)29(25(20)30)14-13-17-3-11-23(12-4-17)33(28,31)32/h1-12,15-16H,13-14H2,(H2,28,31,32)/b20-15-. The number of primary sulfonamides is 1. The minimum Gasteiger partial charge on any atom is -0.307 e. The van der Waals surface area contributed by atoms with Crippen LogP contribution < -0.4 is 5.14 Å². The van der Waals surface area contributed by atoms with Crippen LogP contribution in [0, 0.1) is 0 Å². The molecule has 0 bridgehead atoms. The average Bonchev–Trinajstić information content (AvgIpc) is 3.09. The molecule has 4 rings (SSSR count). The lowest BCUT2D eigenvalue weighted by Crippen LogP contribution is -2.27. The van der Waals surface area contributed by atoms with Crippen LogP contribution in [-0.4, -0.2) is 25.8 Å². The molecule has 0 fully saturated rings. The van der Waals surface area contributed by atoms with Crippen molar-refractivity contribution in [3.8, 4) is 0 Å². The molecule has 5 nitrogen and oxygen atoms in total. The van der Waals surface area contributed by atoms with E-state index in [2.05, 4.69) is 0 Å². The normalized spacial score (nSPS) is 15.2. The van der Waals surface area contributed by atoms with E-state index in [1.165, 1.54) is 12.1 Å². The summed E-state index contributed by atoms with van der Waals surface area (Å²) in [6.45, 7) is 0.417. The zero-order chi connectivity index (χ0) is 23.6. The summed E-state index contributed by atoms with van der Waals surface area (Å²) in [5.74, 6) is -0.115. The number of carbonyl (C=O) groups is 1. The molecule has 2 N–H and O–H groups in total. The predicted molar refractivity (Wildman–Crippen MR) is 132 cm³/mol. The third-order valence-corrected chi connectivity index (χ3v) is 6.72. The summed E-state index contributed by atoms with van der Waals surface area (Å²) in [4.78, 5) is 15.1. The van der Waals surface area contributed by atoms with Crippen molar-refractivity contribution >= 4 is 50.9 Å². The number of hydrogen-bond acceptors (Lipinski definition) is 3. The Hall–Kier alpha value is -2.90. The molecule has 168 valence electrons. The smallest absolute Gasteiger partial charge is 0.258 e. The third-order valence-electron chi connectivity index (χ3n) is 5.28. The first kappa shape index (κ1) is 23.3. The number of nitrogens with zero attached hydrogens (tertiary/aromatic N) is 1. The maximum Gasteiger partial charge on any atom is 0.258 e. The molecular formula is C25H20Cl2N2O3S. The van der Waals surface area contributed by atoms with E-state index in [0.29, 0.717) is 28.6 Å². The Bertz CT molecular complexity index is 1350. The first-order valence-corrected chi connectivity index (χ1v) is 12.4. The Kier molecular flexibility index (Phi) is 6.72. The number of carbonyl (C=O) groups excluding carboxylic acids is 1. The van der Waals surface area contributed by atoms with Gasteiger partial charge in [0.1, 0.15) is 0 Å². The second-order valence-electron chi connectivity index (χ2n) is 7.58. The largest absolute Gasteiger partial charge is 0.307 e. The van der Waals surface area contributed by atoms with Gasteiger partial charge in [-0.15, -0.1) is 0 Å². The van der Waals surface area contributed by atoms with Crippen molar-refractivity contribution in [2.75, 3.05) is 6.54 Å². The van der Waals surface area contributed by atoms with Crippen molar-refractivity contribution in [3.63, 3.8) is 0 Å². The molecule has 0 spiro atoms. The van der Waals surface area contributed by atoms with Crippen LogP contribution in [0.25, 0.3) is 11.8 Å². The fourth-order valence-corrected chi connectivity index (χ4v) is 4.33. The van der Waals surface area contributed by atoms with Gasteiger partial charge in [-0.3, -0.25) is 4.79 Å². The van der Waals surface area contributed by atoms with Crippen LogP contribution in [0.5, 0.6) is 0 Å². The zero-order valence-electron chi connectivity index (χ0n) is 17.4. The highest BCUT2D eigenvalue weighted by Crippen LogP contribution is 2.31. The van der Waals surface area contributed by atoms with Gasteiger partial charge in [0, 0.05) is 22.2 Å². The van der Waals surface area contributed by atoms with Crippen LogP contribution in [-0.2, 0) is 21.2 Å². The van der Waals surface area contributed by atoms with E-state index >= 15 is 0 Å². The summed E-state index contributed by atoms with van der Waals surface area (Å²) >= 11 is 12.0. The molecular weight excluding hydrogens is 479 g/mol. The monoisotopic (exact) mass is 498 g/mol. The number of hydrogen-bond donors (Lipinski definition) is 1. The summed E-state index contributed by atoms with van der Waals surface area (Å²) in [5, 5.41) is 6.41. The van der Waals surface area contributed by atoms with Crippen LogP contribution in [0.4, 0.5) is 0 Å². The molecule has 0 saturated carbocycles. The van der Waals surface area contributed by atoms with Gasteiger partial charge in [0.25, 0.3) is 5.91 Å². The van der Waals surface area contributed by atoms with Gasteiger partial charge >= 0.3 is 0 Å². The fraction of sp³-hybridized carbons (Fsp3) is 0.0800. The molecule has 0 saturated heterocycles. The summed E-state index contributed by atoms with van der Waals surface area (Å²) in [6.07, 6.45) is 4.23. The number of benzene rings is 3. The Morgan fingerprint density at radius 1 is 0.848 bits per heavy atom. The molecule has 3 aromatic rings. The first-order chi connectivity index (χ1) is 15.7. The van der Waals surface area contributed by atoms with Crippen molar-refractivity contribution in [1.29, 1.82) is 0 Å². The molecule has 8 heteroatoms. The van der Waals surface area contributed by atoms with Crippen molar-refractivity contribution in [2.45, 2.75) is 11.3 Å². The summed E-state index contributed by atoms with van der Waals surface area (Å²) < 4.78 is 23.0. The molecule has 1 heterocycles. The van der Waals surface area contributed by atoms with Crippen LogP contribution in [0.3, 0.4) is 0 Å². The summed E-state index contributed by atoms with van der Waals surface area (Å²) in [5.41, 5.74) is 3.97.